The Morgan fingerprint density at radius 3 is 1.12 bits per heavy atom. The van der Waals surface area contributed by atoms with E-state index >= 15 is 0 Å². The van der Waals surface area contributed by atoms with Crippen molar-refractivity contribution in [2.45, 2.75) is 394 Å². The molecule has 3 fully saturated rings. The van der Waals surface area contributed by atoms with Crippen LogP contribution in [0.4, 0.5) is 0 Å². The van der Waals surface area contributed by atoms with Crippen molar-refractivity contribution in [3.8, 4) is 0 Å². The number of unbranched alkanes of at least 4 members (excludes halogenated alkanes) is 34. The van der Waals surface area contributed by atoms with Crippen molar-refractivity contribution >= 4 is 5.91 Å². The van der Waals surface area contributed by atoms with Gasteiger partial charge in [0.15, 0.2) is 18.9 Å². The third-order valence-electron chi connectivity index (χ3n) is 19.4. The number of aliphatic hydroxyl groups is 11. The second kappa shape index (κ2) is 61.2. The second-order valence-electron chi connectivity index (χ2n) is 28.1. The molecular weight excluding hydrogens is 1270 g/mol. The number of carbonyl (C=O) groups excluding carboxylic acids is 1. The van der Waals surface area contributed by atoms with E-state index in [1.807, 2.05) is 6.08 Å². The fraction of sp³-hybridized carbons (Fsp3) is 0.815. The maximum atomic E-state index is 13.4. The van der Waals surface area contributed by atoms with E-state index in [1.165, 1.54) is 186 Å². The van der Waals surface area contributed by atoms with Crippen molar-refractivity contribution in [2.75, 3.05) is 26.4 Å². The van der Waals surface area contributed by atoms with Crippen LogP contribution in [0, 0.1) is 0 Å². The summed E-state index contributed by atoms with van der Waals surface area (Å²) >= 11 is 0. The summed E-state index contributed by atoms with van der Waals surface area (Å²) in [5.41, 5.74) is 0. The highest BCUT2D eigenvalue weighted by Gasteiger charge is 2.53. The lowest BCUT2D eigenvalue weighted by Gasteiger charge is -2.48. The van der Waals surface area contributed by atoms with E-state index in [0.717, 1.165) is 70.6 Å². The van der Waals surface area contributed by atoms with E-state index < -0.39 is 124 Å². The maximum Gasteiger partial charge on any atom is 0.220 e. The number of ether oxygens (including phenoxy) is 6. The van der Waals surface area contributed by atoms with Crippen molar-refractivity contribution in [3.63, 3.8) is 0 Å². The van der Waals surface area contributed by atoms with Gasteiger partial charge in [-0.2, -0.15) is 0 Å². The molecule has 0 aromatic carbocycles. The molecule has 580 valence electrons. The summed E-state index contributed by atoms with van der Waals surface area (Å²) in [6.07, 6.45) is 54.7. The zero-order valence-corrected chi connectivity index (χ0v) is 61.9. The predicted octanol–water partition coefficient (Wildman–Crippen LogP) is 13.0. The molecule has 3 aliphatic rings. The Labute approximate surface area is 603 Å². The van der Waals surface area contributed by atoms with Crippen molar-refractivity contribution in [1.82, 2.24) is 5.32 Å². The Hall–Kier alpha value is -3.03. The molecule has 0 aromatic rings. The smallest absolute Gasteiger partial charge is 0.220 e. The number of rotatable bonds is 62. The van der Waals surface area contributed by atoms with Crippen LogP contribution in [0.2, 0.25) is 0 Å². The lowest BCUT2D eigenvalue weighted by molar-refractivity contribution is -0.379. The number of hydrogen-bond acceptors (Lipinski definition) is 18. The molecule has 3 saturated heterocycles. The van der Waals surface area contributed by atoms with Crippen molar-refractivity contribution in [2.24, 2.45) is 0 Å². The summed E-state index contributed by atoms with van der Waals surface area (Å²) in [4.78, 5) is 13.4. The molecule has 0 bridgehead atoms. The number of aliphatic hydroxyl groups excluding tert-OH is 11. The Morgan fingerprint density at radius 2 is 0.700 bits per heavy atom. The molecule has 17 atom stereocenters. The van der Waals surface area contributed by atoms with Crippen molar-refractivity contribution in [3.05, 3.63) is 85.1 Å². The summed E-state index contributed by atoms with van der Waals surface area (Å²) < 4.78 is 34.3. The van der Waals surface area contributed by atoms with Gasteiger partial charge in [-0.25, -0.2) is 0 Å². The van der Waals surface area contributed by atoms with E-state index in [9.17, 15) is 61.0 Å². The predicted molar refractivity (Wildman–Crippen MR) is 397 cm³/mol. The minimum atomic E-state index is -1.98. The summed E-state index contributed by atoms with van der Waals surface area (Å²) in [6, 6.07) is -0.997. The first-order valence-corrected chi connectivity index (χ1v) is 39.8. The molecule has 17 unspecified atom stereocenters. The van der Waals surface area contributed by atoms with E-state index in [2.05, 4.69) is 92.1 Å². The van der Waals surface area contributed by atoms with Crippen LogP contribution < -0.4 is 5.32 Å². The minimum Gasteiger partial charge on any atom is -0.394 e. The van der Waals surface area contributed by atoms with Crippen LogP contribution in [0.25, 0.3) is 0 Å². The number of amides is 1. The van der Waals surface area contributed by atoms with Crippen LogP contribution >= 0.6 is 0 Å². The third-order valence-corrected chi connectivity index (χ3v) is 19.4. The van der Waals surface area contributed by atoms with Gasteiger partial charge in [0, 0.05) is 6.42 Å². The summed E-state index contributed by atoms with van der Waals surface area (Å²) in [7, 11) is 0. The van der Waals surface area contributed by atoms with Crippen LogP contribution in [-0.4, -0.2) is 193 Å². The van der Waals surface area contributed by atoms with Crippen molar-refractivity contribution in [1.29, 1.82) is 0 Å². The summed E-state index contributed by atoms with van der Waals surface area (Å²) in [5, 5.41) is 121. The minimum absolute atomic E-state index is 0.233. The van der Waals surface area contributed by atoms with Crippen molar-refractivity contribution < 1.29 is 89.4 Å². The van der Waals surface area contributed by atoms with Gasteiger partial charge in [-0.3, -0.25) is 4.79 Å². The highest BCUT2D eigenvalue weighted by atomic mass is 16.8. The maximum absolute atomic E-state index is 13.4. The van der Waals surface area contributed by atoms with Crippen LogP contribution in [-0.2, 0) is 33.2 Å². The highest BCUT2D eigenvalue weighted by molar-refractivity contribution is 5.76. The standard InChI is InChI=1S/C81H143NO18/c1-3-5-7-9-11-13-15-17-19-20-21-22-23-24-25-26-27-28-29-30-31-32-33-34-35-36-37-38-39-40-41-42-43-44-45-47-49-51-53-55-57-59-69(87)82-64(65(86)58-56-54-52-50-48-46-18-16-14-12-10-8-6-4-2)63-95-79-75(93)72(90)77(67(61-84)97-79)100-81-76(94)73(91)78(68(62-85)98-81)99-80-74(92)71(89)70(88)66(60-83)96-80/h5,7,11,13-14,16-17,19,21-22,48,50,56,58,64-68,70-81,83-86,88-94H,3-4,6,8-10,12,15,18,20,23-47,49,51-55,57,59-63H2,1-2H3,(H,82,87)/b7-5-,13-11-,16-14+,19-17-,22-21-,50-48+,58-56+. The quantitative estimate of drug-likeness (QED) is 0.0199. The zero-order chi connectivity index (χ0) is 72.5. The second-order valence-corrected chi connectivity index (χ2v) is 28.1. The fourth-order valence-electron chi connectivity index (χ4n) is 13.0. The van der Waals surface area contributed by atoms with Gasteiger partial charge in [-0.05, 0) is 83.5 Å². The average Bonchev–Trinajstić information content (AvgIpc) is 0.783. The molecule has 12 N–H and O–H groups in total. The topological polar surface area (TPSA) is 307 Å². The van der Waals surface area contributed by atoms with Crippen LogP contribution in [0.15, 0.2) is 85.1 Å². The Bertz CT molecular complexity index is 2140. The van der Waals surface area contributed by atoms with E-state index in [1.54, 1.807) is 6.08 Å². The number of hydrogen-bond donors (Lipinski definition) is 12. The molecule has 0 spiro atoms. The van der Waals surface area contributed by atoms with Crippen LogP contribution in [0.1, 0.15) is 290 Å². The van der Waals surface area contributed by atoms with Gasteiger partial charge in [0.2, 0.25) is 5.91 Å². The van der Waals surface area contributed by atoms with Gasteiger partial charge in [0.1, 0.15) is 73.2 Å². The lowest BCUT2D eigenvalue weighted by atomic mass is 9.96. The normalized spacial score (nSPS) is 26.9. The van der Waals surface area contributed by atoms with Gasteiger partial charge in [-0.15, -0.1) is 0 Å². The summed E-state index contributed by atoms with van der Waals surface area (Å²) in [6.45, 7) is 1.58. The largest absolute Gasteiger partial charge is 0.394 e. The highest BCUT2D eigenvalue weighted by Crippen LogP contribution is 2.33. The molecule has 3 rings (SSSR count). The SMILES string of the molecule is CC/C=C\C/C=C\C/C=C\C/C=C\CCCCCCCCCCCCCCCCCCCCCCCCCCCCCCC(=O)NC(COC1OC(CO)C(OC2OC(CO)C(OC3OC(CO)C(O)C(O)C3O)C(O)C2O)C(O)C1O)C(O)/C=C/CC/C=C/CC/C=C/CCCCCC. The molecule has 19 heteroatoms. The van der Waals surface area contributed by atoms with Gasteiger partial charge in [-0.1, -0.05) is 285 Å². The third kappa shape index (κ3) is 41.0. The van der Waals surface area contributed by atoms with Crippen LogP contribution in [0.3, 0.4) is 0 Å². The lowest BCUT2D eigenvalue weighted by Crippen LogP contribution is -2.66. The zero-order valence-electron chi connectivity index (χ0n) is 61.9. The Balaban J connectivity index is 1.28. The Kier molecular flexibility index (Phi) is 55.8. The van der Waals surface area contributed by atoms with E-state index in [-0.39, 0.29) is 18.9 Å². The van der Waals surface area contributed by atoms with E-state index in [0.29, 0.717) is 12.8 Å². The molecule has 1 amide bonds. The molecule has 0 saturated carbocycles. The monoisotopic (exact) mass is 1420 g/mol. The summed E-state index contributed by atoms with van der Waals surface area (Å²) in [5.74, 6) is -0.287. The van der Waals surface area contributed by atoms with Gasteiger partial charge < -0.3 is 89.9 Å². The number of carbonyl (C=O) groups is 1. The first kappa shape index (κ1) is 91.2. The molecule has 0 radical (unpaired) electrons. The van der Waals surface area contributed by atoms with Gasteiger partial charge in [0.05, 0.1) is 38.6 Å². The molecule has 3 heterocycles. The fourth-order valence-corrected chi connectivity index (χ4v) is 13.0. The number of nitrogens with one attached hydrogen (secondary N) is 1. The van der Waals surface area contributed by atoms with E-state index in [4.69, 9.17) is 28.4 Å². The first-order chi connectivity index (χ1) is 48.8. The molecule has 19 nitrogen and oxygen atoms in total. The molecular formula is C81H143NO18. The van der Waals surface area contributed by atoms with Gasteiger partial charge >= 0.3 is 0 Å². The first-order valence-electron chi connectivity index (χ1n) is 39.8. The molecule has 3 aliphatic heterocycles. The number of allylic oxidation sites excluding steroid dienone is 13. The molecule has 100 heavy (non-hydrogen) atoms. The van der Waals surface area contributed by atoms with Crippen LogP contribution in [0.5, 0.6) is 0 Å². The Morgan fingerprint density at radius 1 is 0.370 bits per heavy atom. The average molecular weight is 1420 g/mol. The molecule has 0 aromatic heterocycles. The van der Waals surface area contributed by atoms with Gasteiger partial charge in [0.25, 0.3) is 0 Å². The molecule has 0 aliphatic carbocycles.